The van der Waals surface area contributed by atoms with Crippen molar-refractivity contribution in [3.05, 3.63) is 35.9 Å². The number of carbonyl (C=O) groups excluding carboxylic acids is 1. The Bertz CT molecular complexity index is 387. The number of hydrogen-bond donors (Lipinski definition) is 1. The van der Waals surface area contributed by atoms with E-state index in [0.717, 1.165) is 19.3 Å². The lowest BCUT2D eigenvalue weighted by Crippen LogP contribution is -2.31. The topological polar surface area (TPSA) is 39.0 Å². The van der Waals surface area contributed by atoms with Gasteiger partial charge in [-0.1, -0.05) is 36.8 Å². The molecule has 1 aromatic carbocycles. The summed E-state index contributed by atoms with van der Waals surface area (Å²) in [6.45, 7) is 0. The molecule has 1 aliphatic heterocycles. The Morgan fingerprint density at radius 1 is 1.20 bits per heavy atom. The van der Waals surface area contributed by atoms with Crippen LogP contribution in [0.5, 0.6) is 0 Å². The van der Waals surface area contributed by atoms with E-state index in [2.05, 4.69) is 17.4 Å². The van der Waals surface area contributed by atoms with E-state index in [1.54, 1.807) is 0 Å². The molecule has 1 aliphatic carbocycles. The molecule has 0 aromatic heterocycles. The van der Waals surface area contributed by atoms with Crippen molar-refractivity contribution in [2.24, 2.45) is 0 Å². The van der Waals surface area contributed by atoms with Crippen LogP contribution in [0.1, 0.15) is 37.3 Å². The van der Waals surface area contributed by atoms with Crippen molar-refractivity contribution >= 4 is 5.78 Å². The van der Waals surface area contributed by atoms with Crippen LogP contribution >= 0.6 is 0 Å². The highest BCUT2D eigenvalue weighted by Crippen LogP contribution is 2.47. The summed E-state index contributed by atoms with van der Waals surface area (Å²) >= 11 is 0. The summed E-state index contributed by atoms with van der Waals surface area (Å²) in [5.74, 6) is 0.419. The van der Waals surface area contributed by atoms with Gasteiger partial charge in [0.05, 0.1) is 11.6 Å². The van der Waals surface area contributed by atoms with Gasteiger partial charge in [-0.05, 0) is 18.4 Å². The smallest absolute Gasteiger partial charge is 0.154 e. The molecule has 0 amide bonds. The van der Waals surface area contributed by atoms with Crippen LogP contribution in [0.25, 0.3) is 0 Å². The van der Waals surface area contributed by atoms with Gasteiger partial charge in [0, 0.05) is 6.42 Å². The molecule has 2 heteroatoms. The molecular formula is C13H15NO. The number of benzene rings is 1. The number of ketones is 1. The molecule has 2 fully saturated rings. The summed E-state index contributed by atoms with van der Waals surface area (Å²) in [7, 11) is 0. The van der Waals surface area contributed by atoms with Crippen molar-refractivity contribution in [3.63, 3.8) is 0 Å². The summed E-state index contributed by atoms with van der Waals surface area (Å²) in [5.41, 5.74) is 1.08. The fourth-order valence-corrected chi connectivity index (χ4v) is 2.74. The van der Waals surface area contributed by atoms with Crippen LogP contribution < -0.4 is 5.32 Å². The largest absolute Gasteiger partial charge is 0.298 e. The Morgan fingerprint density at radius 2 is 2.00 bits per heavy atom. The molecule has 15 heavy (non-hydrogen) atoms. The molecule has 1 saturated carbocycles. The SMILES string of the molecule is O=C1CCCC[C@]12N[C@H]2c1ccccc1. The highest BCUT2D eigenvalue weighted by molar-refractivity contribution is 5.93. The first-order valence-corrected chi connectivity index (χ1v) is 5.69. The van der Waals surface area contributed by atoms with Crippen LogP contribution in [0.3, 0.4) is 0 Å². The van der Waals surface area contributed by atoms with Gasteiger partial charge in [0.15, 0.2) is 5.78 Å². The van der Waals surface area contributed by atoms with Crippen LogP contribution in [0.4, 0.5) is 0 Å². The third kappa shape index (κ3) is 1.32. The van der Waals surface area contributed by atoms with Crippen molar-refractivity contribution in [1.82, 2.24) is 5.32 Å². The summed E-state index contributed by atoms with van der Waals surface area (Å²) in [6, 6.07) is 10.6. The molecule has 1 N–H and O–H groups in total. The molecule has 1 saturated heterocycles. The standard InChI is InChI=1S/C13H15NO/c15-11-8-4-5-9-13(11)12(14-13)10-6-2-1-3-7-10/h1-3,6-7,12,14H,4-5,8-9H2/t12-,13-/m0/s1. The molecule has 0 radical (unpaired) electrons. The Kier molecular flexibility index (Phi) is 1.93. The summed E-state index contributed by atoms with van der Waals surface area (Å²) < 4.78 is 0. The lowest BCUT2D eigenvalue weighted by molar-refractivity contribution is -0.123. The lowest BCUT2D eigenvalue weighted by Gasteiger charge is -2.19. The quantitative estimate of drug-likeness (QED) is 0.707. The Balaban J connectivity index is 1.85. The highest BCUT2D eigenvalue weighted by Gasteiger charge is 2.59. The second kappa shape index (κ2) is 3.17. The summed E-state index contributed by atoms with van der Waals surface area (Å²) in [6.07, 6.45) is 4.04. The maximum Gasteiger partial charge on any atom is 0.154 e. The van der Waals surface area contributed by atoms with Gasteiger partial charge in [0.2, 0.25) is 0 Å². The van der Waals surface area contributed by atoms with E-state index in [1.165, 1.54) is 12.0 Å². The van der Waals surface area contributed by atoms with E-state index in [0.29, 0.717) is 5.78 Å². The van der Waals surface area contributed by atoms with Gasteiger partial charge in [-0.25, -0.2) is 0 Å². The first-order chi connectivity index (χ1) is 7.33. The van der Waals surface area contributed by atoms with Gasteiger partial charge in [-0.2, -0.15) is 0 Å². The van der Waals surface area contributed by atoms with Gasteiger partial charge in [-0.3, -0.25) is 10.1 Å². The zero-order chi connectivity index (χ0) is 10.3. The van der Waals surface area contributed by atoms with Gasteiger partial charge >= 0.3 is 0 Å². The molecule has 2 aliphatic rings. The number of carbonyl (C=O) groups is 1. The molecule has 0 bridgehead atoms. The van der Waals surface area contributed by atoms with Gasteiger partial charge < -0.3 is 0 Å². The van der Waals surface area contributed by atoms with Crippen molar-refractivity contribution < 1.29 is 4.79 Å². The molecule has 0 unspecified atom stereocenters. The van der Waals surface area contributed by atoms with Gasteiger partial charge in [0.25, 0.3) is 0 Å². The van der Waals surface area contributed by atoms with Crippen molar-refractivity contribution in [2.45, 2.75) is 37.3 Å². The lowest BCUT2D eigenvalue weighted by atomic mass is 9.83. The van der Waals surface area contributed by atoms with E-state index in [9.17, 15) is 4.79 Å². The monoisotopic (exact) mass is 201 g/mol. The van der Waals surface area contributed by atoms with Crippen molar-refractivity contribution in [1.29, 1.82) is 0 Å². The van der Waals surface area contributed by atoms with Crippen molar-refractivity contribution in [2.75, 3.05) is 0 Å². The van der Waals surface area contributed by atoms with Crippen LogP contribution in [0.15, 0.2) is 30.3 Å². The Hall–Kier alpha value is -1.15. The van der Waals surface area contributed by atoms with Gasteiger partial charge in [0.1, 0.15) is 0 Å². The molecule has 1 heterocycles. The zero-order valence-electron chi connectivity index (χ0n) is 8.70. The predicted molar refractivity (Wildman–Crippen MR) is 58.5 cm³/mol. The molecule has 1 spiro atoms. The van der Waals surface area contributed by atoms with Crippen molar-refractivity contribution in [3.8, 4) is 0 Å². The molecule has 2 nitrogen and oxygen atoms in total. The molecule has 2 atom stereocenters. The average Bonchev–Trinajstić information content (AvgIpc) is 3.00. The normalized spacial score (nSPS) is 34.4. The van der Waals surface area contributed by atoms with Crippen LogP contribution in [0, 0.1) is 0 Å². The van der Waals surface area contributed by atoms with E-state index in [4.69, 9.17) is 0 Å². The molecular weight excluding hydrogens is 186 g/mol. The maximum absolute atomic E-state index is 11.9. The number of hydrogen-bond acceptors (Lipinski definition) is 2. The van der Waals surface area contributed by atoms with Crippen LogP contribution in [0.2, 0.25) is 0 Å². The maximum atomic E-state index is 11.9. The molecule has 1 aromatic rings. The minimum Gasteiger partial charge on any atom is -0.298 e. The van der Waals surface area contributed by atoms with Crippen LogP contribution in [-0.4, -0.2) is 11.3 Å². The van der Waals surface area contributed by atoms with Crippen LogP contribution in [-0.2, 0) is 4.79 Å². The number of rotatable bonds is 1. The minimum absolute atomic E-state index is 0.181. The Morgan fingerprint density at radius 3 is 2.73 bits per heavy atom. The second-order valence-corrected chi connectivity index (χ2v) is 4.59. The average molecular weight is 201 g/mol. The van der Waals surface area contributed by atoms with E-state index in [-0.39, 0.29) is 11.6 Å². The number of nitrogens with one attached hydrogen (secondary N) is 1. The first-order valence-electron chi connectivity index (χ1n) is 5.69. The summed E-state index contributed by atoms with van der Waals surface area (Å²) in [5, 5.41) is 3.40. The highest BCUT2D eigenvalue weighted by atomic mass is 16.1. The number of Topliss-reactive ketones (excluding diaryl/α,β-unsaturated/α-hetero) is 1. The Labute approximate surface area is 89.7 Å². The molecule has 78 valence electrons. The van der Waals surface area contributed by atoms with E-state index in [1.807, 2.05) is 18.2 Å². The fourth-order valence-electron chi connectivity index (χ4n) is 2.74. The zero-order valence-corrected chi connectivity index (χ0v) is 8.70. The predicted octanol–water partition coefficient (Wildman–Crippen LogP) is 2.21. The minimum atomic E-state index is -0.181. The molecule has 3 rings (SSSR count). The fraction of sp³-hybridized carbons (Fsp3) is 0.462. The van der Waals surface area contributed by atoms with E-state index >= 15 is 0 Å². The van der Waals surface area contributed by atoms with Gasteiger partial charge in [-0.15, -0.1) is 0 Å². The first kappa shape index (κ1) is 9.10. The second-order valence-electron chi connectivity index (χ2n) is 4.59. The third-order valence-electron chi connectivity index (χ3n) is 3.67. The third-order valence-corrected chi connectivity index (χ3v) is 3.67. The van der Waals surface area contributed by atoms with E-state index < -0.39 is 0 Å². The summed E-state index contributed by atoms with van der Waals surface area (Å²) in [4.78, 5) is 11.9.